The van der Waals surface area contributed by atoms with Gasteiger partial charge in [0.2, 0.25) is 0 Å². The van der Waals surface area contributed by atoms with Gasteiger partial charge in [-0.25, -0.2) is 4.39 Å². The smallest absolute Gasteiger partial charge is 0.188 e. The normalized spacial score (nSPS) is 19.0. The van der Waals surface area contributed by atoms with Crippen molar-refractivity contribution >= 4 is 11.9 Å². The molecule has 138 valence electrons. The van der Waals surface area contributed by atoms with Gasteiger partial charge in [-0.2, -0.15) is 0 Å². The van der Waals surface area contributed by atoms with E-state index in [1.807, 2.05) is 19.1 Å². The van der Waals surface area contributed by atoms with E-state index in [0.29, 0.717) is 23.3 Å². The molecule has 0 saturated carbocycles. The Balaban J connectivity index is 2.76. The van der Waals surface area contributed by atoms with Crippen LogP contribution >= 0.6 is 0 Å². The number of ether oxygens (including phenoxy) is 2. The zero-order valence-electron chi connectivity index (χ0n) is 16.2. The summed E-state index contributed by atoms with van der Waals surface area (Å²) in [5, 5.41) is 0. The van der Waals surface area contributed by atoms with Crippen LogP contribution < -0.4 is 4.74 Å². The van der Waals surface area contributed by atoms with Crippen molar-refractivity contribution in [1.29, 1.82) is 0 Å². The Bertz CT molecular complexity index is 687. The van der Waals surface area contributed by atoms with Gasteiger partial charge in [0.25, 0.3) is 0 Å². The van der Waals surface area contributed by atoms with E-state index in [2.05, 4.69) is 27.7 Å². The molecular weight excluding hydrogens is 319 g/mol. The van der Waals surface area contributed by atoms with Gasteiger partial charge in [-0.1, -0.05) is 34.6 Å². The number of aldehydes is 1. The van der Waals surface area contributed by atoms with Crippen LogP contribution in [0.25, 0.3) is 5.57 Å². The first-order chi connectivity index (χ1) is 11.7. The molecule has 1 aliphatic carbocycles. The van der Waals surface area contributed by atoms with E-state index in [-0.39, 0.29) is 23.9 Å². The van der Waals surface area contributed by atoms with Crippen molar-refractivity contribution in [3.63, 3.8) is 0 Å². The minimum absolute atomic E-state index is 0.00407. The predicted molar refractivity (Wildman–Crippen MR) is 98.6 cm³/mol. The zero-order valence-corrected chi connectivity index (χ0v) is 16.2. The Labute approximate surface area is 150 Å². The summed E-state index contributed by atoms with van der Waals surface area (Å²) in [6.45, 7) is 10.8. The highest BCUT2D eigenvalue weighted by Crippen LogP contribution is 2.49. The molecular formula is C21H29FO3. The first-order valence-electron chi connectivity index (χ1n) is 8.83. The number of rotatable bonds is 6. The van der Waals surface area contributed by atoms with Crippen LogP contribution in [0.1, 0.15) is 70.6 Å². The fourth-order valence-electron chi connectivity index (χ4n) is 3.63. The van der Waals surface area contributed by atoms with E-state index in [9.17, 15) is 9.18 Å². The maximum Gasteiger partial charge on any atom is 0.188 e. The molecule has 0 aromatic heterocycles. The van der Waals surface area contributed by atoms with Crippen molar-refractivity contribution in [2.24, 2.45) is 0 Å². The minimum Gasteiger partial charge on any atom is -0.467 e. The minimum atomic E-state index is -0.738. The average molecular weight is 348 g/mol. The number of halogens is 1. The summed E-state index contributed by atoms with van der Waals surface area (Å²) < 4.78 is 25.0. The molecule has 4 heteroatoms. The fourth-order valence-corrected chi connectivity index (χ4v) is 3.63. The van der Waals surface area contributed by atoms with E-state index in [1.165, 1.54) is 11.1 Å². The van der Waals surface area contributed by atoms with E-state index in [0.717, 1.165) is 12.8 Å². The highest BCUT2D eigenvalue weighted by atomic mass is 19.1. The summed E-state index contributed by atoms with van der Waals surface area (Å²) in [5.41, 5.74) is 3.47. The lowest BCUT2D eigenvalue weighted by molar-refractivity contribution is -0.106. The lowest BCUT2D eigenvalue weighted by Crippen LogP contribution is -2.34. The molecule has 0 radical (unpaired) electrons. The maximum atomic E-state index is 14.2. The van der Waals surface area contributed by atoms with Crippen LogP contribution in [-0.2, 0) is 20.4 Å². The third-order valence-corrected chi connectivity index (χ3v) is 5.36. The van der Waals surface area contributed by atoms with Crippen LogP contribution in [0, 0.1) is 0 Å². The number of fused-ring (bicyclic) bond motifs is 1. The molecule has 1 aromatic rings. The van der Waals surface area contributed by atoms with Crippen molar-refractivity contribution in [3.05, 3.63) is 34.6 Å². The van der Waals surface area contributed by atoms with E-state index >= 15 is 0 Å². The summed E-state index contributed by atoms with van der Waals surface area (Å²) in [4.78, 5) is 11.0. The second-order valence-corrected chi connectivity index (χ2v) is 8.01. The summed E-state index contributed by atoms with van der Waals surface area (Å²) in [5.74, 6) is -0.169. The van der Waals surface area contributed by atoms with Crippen molar-refractivity contribution in [1.82, 2.24) is 0 Å². The molecule has 0 heterocycles. The summed E-state index contributed by atoms with van der Waals surface area (Å²) in [7, 11) is 1.55. The van der Waals surface area contributed by atoms with Gasteiger partial charge < -0.3 is 9.47 Å². The third kappa shape index (κ3) is 3.79. The Kier molecular flexibility index (Phi) is 5.72. The molecule has 25 heavy (non-hydrogen) atoms. The summed E-state index contributed by atoms with van der Waals surface area (Å²) >= 11 is 0. The molecule has 1 aliphatic rings. The SMILES string of the molecule is CC/C(=C(\F)C=O)c1cc2c(cc1OCOC)C(C)(C)CCC2(C)C. The first kappa shape index (κ1) is 19.6. The van der Waals surface area contributed by atoms with Gasteiger partial charge in [-0.3, -0.25) is 4.79 Å². The highest BCUT2D eigenvalue weighted by Gasteiger charge is 2.38. The van der Waals surface area contributed by atoms with Gasteiger partial charge in [-0.05, 0) is 53.4 Å². The van der Waals surface area contributed by atoms with Crippen LogP contribution in [0.2, 0.25) is 0 Å². The quantitative estimate of drug-likeness (QED) is 0.397. The molecule has 0 atom stereocenters. The molecule has 3 nitrogen and oxygen atoms in total. The second-order valence-electron chi connectivity index (χ2n) is 8.01. The standard InChI is InChI=1S/C21H29FO3/c1-7-14(18(22)12-23)15-10-16-17(11-19(15)25-13-24-6)21(4,5)9-8-20(16,2)3/h10-12H,7-9,13H2,1-6H3/b18-14+. The van der Waals surface area contributed by atoms with Gasteiger partial charge in [0, 0.05) is 18.2 Å². The Morgan fingerprint density at radius 1 is 1.16 bits per heavy atom. The molecule has 0 N–H and O–H groups in total. The van der Waals surface area contributed by atoms with Gasteiger partial charge in [0.15, 0.2) is 18.9 Å². The number of hydrogen-bond acceptors (Lipinski definition) is 3. The monoisotopic (exact) mass is 348 g/mol. The van der Waals surface area contributed by atoms with Gasteiger partial charge >= 0.3 is 0 Å². The van der Waals surface area contributed by atoms with Crippen LogP contribution in [-0.4, -0.2) is 20.2 Å². The van der Waals surface area contributed by atoms with Crippen molar-refractivity contribution in [3.8, 4) is 5.75 Å². The Hall–Kier alpha value is -1.68. The van der Waals surface area contributed by atoms with E-state index in [4.69, 9.17) is 9.47 Å². The molecule has 1 aromatic carbocycles. The molecule has 0 aliphatic heterocycles. The van der Waals surface area contributed by atoms with Crippen LogP contribution in [0.15, 0.2) is 18.0 Å². The number of methoxy groups -OCH3 is 1. The number of allylic oxidation sites excluding steroid dienone is 2. The molecule has 0 fully saturated rings. The number of carbonyl (C=O) groups excluding carboxylic acids is 1. The van der Waals surface area contributed by atoms with Crippen molar-refractivity contribution in [2.45, 2.75) is 64.7 Å². The van der Waals surface area contributed by atoms with Crippen LogP contribution in [0.4, 0.5) is 4.39 Å². The van der Waals surface area contributed by atoms with Crippen molar-refractivity contribution < 1.29 is 18.7 Å². The van der Waals surface area contributed by atoms with Crippen LogP contribution in [0.3, 0.4) is 0 Å². The average Bonchev–Trinajstić information content (AvgIpc) is 2.57. The lowest BCUT2D eigenvalue weighted by Gasteiger charge is -2.42. The van der Waals surface area contributed by atoms with E-state index < -0.39 is 5.83 Å². The van der Waals surface area contributed by atoms with Gasteiger partial charge in [0.1, 0.15) is 5.75 Å². The number of carbonyl (C=O) groups is 1. The van der Waals surface area contributed by atoms with Gasteiger partial charge in [0.05, 0.1) is 0 Å². The summed E-state index contributed by atoms with van der Waals surface area (Å²) in [6.07, 6.45) is 2.82. The second kappa shape index (κ2) is 7.28. The lowest BCUT2D eigenvalue weighted by atomic mass is 9.62. The zero-order chi connectivity index (χ0) is 18.8. The molecule has 0 unspecified atom stereocenters. The fraction of sp³-hybridized carbons (Fsp3) is 0.571. The highest BCUT2D eigenvalue weighted by molar-refractivity contribution is 5.87. The van der Waals surface area contributed by atoms with Crippen molar-refractivity contribution in [2.75, 3.05) is 13.9 Å². The van der Waals surface area contributed by atoms with Gasteiger partial charge in [-0.15, -0.1) is 0 Å². The molecule has 0 spiro atoms. The molecule has 0 amide bonds. The third-order valence-electron chi connectivity index (χ3n) is 5.36. The van der Waals surface area contributed by atoms with Crippen LogP contribution in [0.5, 0.6) is 5.75 Å². The molecule has 0 saturated heterocycles. The first-order valence-corrected chi connectivity index (χ1v) is 8.83. The number of benzene rings is 1. The topological polar surface area (TPSA) is 35.5 Å². The van der Waals surface area contributed by atoms with E-state index in [1.54, 1.807) is 7.11 Å². The Morgan fingerprint density at radius 3 is 2.20 bits per heavy atom. The maximum absolute atomic E-state index is 14.2. The number of hydrogen-bond donors (Lipinski definition) is 0. The molecule has 0 bridgehead atoms. The predicted octanol–water partition coefficient (Wildman–Crippen LogP) is 5.31. The Morgan fingerprint density at radius 2 is 1.72 bits per heavy atom. The molecule has 2 rings (SSSR count). The largest absolute Gasteiger partial charge is 0.467 e. The summed E-state index contributed by atoms with van der Waals surface area (Å²) in [6, 6.07) is 4.03.